The van der Waals surface area contributed by atoms with Crippen molar-refractivity contribution in [1.82, 2.24) is 14.1 Å². The van der Waals surface area contributed by atoms with Crippen LogP contribution < -0.4 is 10.3 Å². The Labute approximate surface area is 158 Å². The van der Waals surface area contributed by atoms with Gasteiger partial charge in [0.1, 0.15) is 10.7 Å². The molecule has 8 nitrogen and oxygen atoms in total. The number of hydrogen-bond donors (Lipinski definition) is 2. The third kappa shape index (κ3) is 4.71. The highest BCUT2D eigenvalue weighted by Gasteiger charge is 2.22. The molecule has 0 fully saturated rings. The molecule has 0 atom stereocenters. The Morgan fingerprint density at radius 3 is 2.04 bits per heavy atom. The van der Waals surface area contributed by atoms with Crippen LogP contribution in [0.3, 0.4) is 0 Å². The summed E-state index contributed by atoms with van der Waals surface area (Å²) >= 11 is 5.74. The van der Waals surface area contributed by atoms with Crippen molar-refractivity contribution in [1.29, 1.82) is 0 Å². The summed E-state index contributed by atoms with van der Waals surface area (Å²) in [7, 11) is -7.44. The first-order valence-corrected chi connectivity index (χ1v) is 11.0. The molecule has 2 rings (SSSR count). The van der Waals surface area contributed by atoms with Crippen LogP contribution in [0.2, 0.25) is 5.02 Å². The zero-order chi connectivity index (χ0) is 19.4. The lowest BCUT2D eigenvalue weighted by molar-refractivity contribution is 0.445. The highest BCUT2D eigenvalue weighted by molar-refractivity contribution is 7.89. The van der Waals surface area contributed by atoms with Crippen LogP contribution in [0.5, 0.6) is 0 Å². The molecule has 0 radical (unpaired) electrons. The first-order valence-electron chi connectivity index (χ1n) is 7.70. The average Bonchev–Trinajstić information content (AvgIpc) is 2.61. The molecule has 0 aliphatic rings. The fraction of sp³-hybridized carbons (Fsp3) is 0.267. The Balaban J connectivity index is 2.11. The molecule has 1 heterocycles. The maximum absolute atomic E-state index is 12.4. The summed E-state index contributed by atoms with van der Waals surface area (Å²) in [5, 5.41) is 0.420. The van der Waals surface area contributed by atoms with Crippen LogP contribution in [-0.2, 0) is 20.0 Å². The summed E-state index contributed by atoms with van der Waals surface area (Å²) in [6, 6.07) is 8.38. The highest BCUT2D eigenvalue weighted by Crippen LogP contribution is 2.17. The maximum Gasteiger partial charge on any atom is 0.257 e. The third-order valence-corrected chi connectivity index (χ3v) is 7.07. The molecule has 1 aromatic heterocycles. The van der Waals surface area contributed by atoms with E-state index in [4.69, 9.17) is 11.6 Å². The van der Waals surface area contributed by atoms with Gasteiger partial charge < -0.3 is 0 Å². The van der Waals surface area contributed by atoms with E-state index in [0.29, 0.717) is 18.1 Å². The van der Waals surface area contributed by atoms with E-state index in [1.807, 2.05) is 0 Å². The Morgan fingerprint density at radius 2 is 1.54 bits per heavy atom. The van der Waals surface area contributed by atoms with E-state index in [1.165, 1.54) is 46.9 Å². The number of aromatic nitrogens is 1. The number of halogens is 1. The number of nitrogens with zero attached hydrogens (tertiary/aromatic N) is 2. The van der Waals surface area contributed by atoms with Crippen LogP contribution in [0, 0.1) is 0 Å². The smallest absolute Gasteiger partial charge is 0.257 e. The predicted octanol–water partition coefficient (Wildman–Crippen LogP) is 2.07. The molecule has 0 bridgehead atoms. The van der Waals surface area contributed by atoms with Gasteiger partial charge in [-0.25, -0.2) is 21.8 Å². The first kappa shape index (κ1) is 20.6. The fourth-order valence-corrected chi connectivity index (χ4v) is 4.49. The summed E-state index contributed by atoms with van der Waals surface area (Å²) in [6.45, 7) is 4.19. The first-order chi connectivity index (χ1) is 12.2. The predicted molar refractivity (Wildman–Crippen MR) is 99.7 cm³/mol. The number of anilines is 1. The number of hydrogen-bond acceptors (Lipinski definition) is 6. The second kappa shape index (κ2) is 8.31. The molecule has 0 saturated carbocycles. The van der Waals surface area contributed by atoms with Gasteiger partial charge in [-0.05, 0) is 36.4 Å². The highest BCUT2D eigenvalue weighted by atomic mass is 35.5. The van der Waals surface area contributed by atoms with Gasteiger partial charge in [0, 0.05) is 24.3 Å². The van der Waals surface area contributed by atoms with Crippen LogP contribution in [-0.4, -0.2) is 39.2 Å². The molecular weight excluding hydrogens is 400 g/mol. The van der Waals surface area contributed by atoms with E-state index in [-0.39, 0.29) is 15.6 Å². The van der Waals surface area contributed by atoms with E-state index in [0.717, 1.165) is 0 Å². The molecule has 0 aliphatic heterocycles. The Morgan fingerprint density at radius 1 is 0.962 bits per heavy atom. The molecule has 0 amide bonds. The lowest BCUT2D eigenvalue weighted by Gasteiger charge is -2.18. The molecule has 142 valence electrons. The van der Waals surface area contributed by atoms with Gasteiger partial charge in [0.05, 0.1) is 4.90 Å². The lowest BCUT2D eigenvalue weighted by atomic mass is 10.4. The minimum Gasteiger partial charge on any atom is -0.292 e. The van der Waals surface area contributed by atoms with E-state index in [1.54, 1.807) is 13.8 Å². The second-order valence-electron chi connectivity index (χ2n) is 5.15. The number of hydrazine groups is 1. The molecule has 2 N–H and O–H groups in total. The molecule has 11 heteroatoms. The van der Waals surface area contributed by atoms with Crippen LogP contribution >= 0.6 is 11.6 Å². The quantitative estimate of drug-likeness (QED) is 0.635. The van der Waals surface area contributed by atoms with Crippen molar-refractivity contribution in [2.75, 3.05) is 18.5 Å². The van der Waals surface area contributed by atoms with Crippen LogP contribution in [0.4, 0.5) is 5.82 Å². The molecule has 1 aromatic carbocycles. The summed E-state index contributed by atoms with van der Waals surface area (Å²) in [4.78, 5) is 6.17. The van der Waals surface area contributed by atoms with Crippen molar-refractivity contribution in [3.8, 4) is 0 Å². The number of nitrogens with one attached hydrogen (secondary N) is 2. The Hall–Kier alpha value is -1.72. The number of rotatable bonds is 8. The minimum atomic E-state index is -3.82. The number of pyridine rings is 1. The van der Waals surface area contributed by atoms with E-state index in [9.17, 15) is 16.8 Å². The summed E-state index contributed by atoms with van der Waals surface area (Å²) < 4.78 is 50.4. The average molecular weight is 419 g/mol. The summed E-state index contributed by atoms with van der Waals surface area (Å²) in [6.07, 6.45) is 1.17. The molecule has 0 aliphatic carbocycles. The van der Waals surface area contributed by atoms with Gasteiger partial charge >= 0.3 is 0 Å². The minimum absolute atomic E-state index is 0.0233. The van der Waals surface area contributed by atoms with Crippen molar-refractivity contribution in [3.05, 3.63) is 47.6 Å². The van der Waals surface area contributed by atoms with Crippen molar-refractivity contribution in [2.45, 2.75) is 23.6 Å². The lowest BCUT2D eigenvalue weighted by Crippen LogP contribution is -2.31. The van der Waals surface area contributed by atoms with Crippen molar-refractivity contribution in [2.24, 2.45) is 0 Å². The van der Waals surface area contributed by atoms with Gasteiger partial charge in [0.15, 0.2) is 0 Å². The fourth-order valence-electron chi connectivity index (χ4n) is 2.11. The maximum atomic E-state index is 12.4. The largest absolute Gasteiger partial charge is 0.292 e. The second-order valence-corrected chi connectivity index (χ2v) is 9.21. The monoisotopic (exact) mass is 418 g/mol. The summed E-state index contributed by atoms with van der Waals surface area (Å²) in [5.74, 6) is 0.154. The standard InChI is InChI=1S/C15H19ClN4O4S2/c1-3-20(4-2)26(23,24)14-9-10-15(17-11-14)18-19-25(21,22)13-7-5-12(16)6-8-13/h5-11,19H,3-4H2,1-2H3,(H,17,18). The normalized spacial score (nSPS) is 12.3. The van der Waals surface area contributed by atoms with Gasteiger partial charge in [-0.15, -0.1) is 4.83 Å². The Bertz CT molecular complexity index is 942. The SMILES string of the molecule is CCN(CC)S(=O)(=O)c1ccc(NNS(=O)(=O)c2ccc(Cl)cc2)nc1. The van der Waals surface area contributed by atoms with Gasteiger partial charge in [-0.2, -0.15) is 4.31 Å². The third-order valence-electron chi connectivity index (χ3n) is 3.52. The molecule has 2 aromatic rings. The van der Waals surface area contributed by atoms with E-state index < -0.39 is 20.0 Å². The van der Waals surface area contributed by atoms with Crippen LogP contribution in [0.25, 0.3) is 0 Å². The van der Waals surface area contributed by atoms with Crippen LogP contribution in [0.15, 0.2) is 52.4 Å². The van der Waals surface area contributed by atoms with Crippen molar-refractivity contribution >= 4 is 37.5 Å². The van der Waals surface area contributed by atoms with Crippen molar-refractivity contribution in [3.63, 3.8) is 0 Å². The number of benzene rings is 1. The molecule has 0 unspecified atom stereocenters. The van der Waals surface area contributed by atoms with E-state index in [2.05, 4.69) is 15.2 Å². The number of sulfonamides is 2. The summed E-state index contributed by atoms with van der Waals surface area (Å²) in [5.41, 5.74) is 2.44. The van der Waals surface area contributed by atoms with Crippen LogP contribution in [0.1, 0.15) is 13.8 Å². The van der Waals surface area contributed by atoms with Gasteiger partial charge in [-0.3, -0.25) is 5.43 Å². The Kier molecular flexibility index (Phi) is 6.58. The molecule has 0 saturated heterocycles. The zero-order valence-electron chi connectivity index (χ0n) is 14.2. The molecule has 26 heavy (non-hydrogen) atoms. The molecule has 0 spiro atoms. The topological polar surface area (TPSA) is 108 Å². The van der Waals surface area contributed by atoms with E-state index >= 15 is 0 Å². The van der Waals surface area contributed by atoms with Gasteiger partial charge in [0.2, 0.25) is 10.0 Å². The molecular formula is C15H19ClN4O4S2. The zero-order valence-corrected chi connectivity index (χ0v) is 16.6. The van der Waals surface area contributed by atoms with Gasteiger partial charge in [0.25, 0.3) is 10.0 Å². The van der Waals surface area contributed by atoms with Crippen molar-refractivity contribution < 1.29 is 16.8 Å². The van der Waals surface area contributed by atoms with Gasteiger partial charge in [-0.1, -0.05) is 25.4 Å².